The number of hydrogen-bond donors (Lipinski definition) is 4. The number of amides is 4. The van der Waals surface area contributed by atoms with Crippen molar-refractivity contribution in [3.63, 3.8) is 0 Å². The number of aliphatic hydroxyl groups is 1. The highest BCUT2D eigenvalue weighted by molar-refractivity contribution is 5.99. The average Bonchev–Trinajstić information content (AvgIpc) is 3.59. The van der Waals surface area contributed by atoms with Crippen LogP contribution in [0.4, 0.5) is 0 Å². The zero-order valence-electron chi connectivity index (χ0n) is 28.0. The molecule has 0 saturated heterocycles. The summed E-state index contributed by atoms with van der Waals surface area (Å²) in [6.07, 6.45) is 1.02. The van der Waals surface area contributed by atoms with Gasteiger partial charge in [0, 0.05) is 49.8 Å². The Kier molecular flexibility index (Phi) is 12.1. The van der Waals surface area contributed by atoms with E-state index in [0.717, 1.165) is 5.56 Å². The first-order valence-corrected chi connectivity index (χ1v) is 16.4. The number of benzene rings is 3. The van der Waals surface area contributed by atoms with E-state index in [-0.39, 0.29) is 37.6 Å². The number of fused-ring (bicyclic) bond motifs is 16. The topological polar surface area (TPSA) is 177 Å². The van der Waals surface area contributed by atoms with Crippen LogP contribution >= 0.6 is 0 Å². The number of carbonyl (C=O) groups is 4. The van der Waals surface area contributed by atoms with Gasteiger partial charge in [-0.3, -0.25) is 19.2 Å². The Bertz CT molecular complexity index is 1760. The maximum Gasteiger partial charge on any atom is 0.253 e. The Hall–Kier alpha value is -5.76. The van der Waals surface area contributed by atoms with Crippen molar-refractivity contribution in [2.75, 3.05) is 33.4 Å². The molecule has 0 aliphatic carbocycles. The van der Waals surface area contributed by atoms with Crippen LogP contribution in [0.2, 0.25) is 0 Å². The van der Waals surface area contributed by atoms with Crippen molar-refractivity contribution in [3.8, 4) is 11.5 Å². The number of ether oxygens (including phenoxy) is 2. The SMILES string of the molecule is COc1cc2ccc1OCCn1cc(nn1)CCN(C(=O)c1ccccc1)CCNC(=O)[C@H]([C@@H](C)O)NC(=O)[C@@H](Cc1ccccc1)NC2=O. The van der Waals surface area contributed by atoms with Crippen molar-refractivity contribution in [2.24, 2.45) is 0 Å². The standard InChI is InChI=1S/C36H41N7O7/c1-24(44)32-35(47)37-16-18-42(36(48)26-11-7-4-8-12-26)17-15-28-23-43(41-40-28)19-20-50-30-14-13-27(22-31(30)49-2)33(45)38-29(34(46)39-32)21-25-9-5-3-6-10-25/h3-14,22-24,29,32,44H,15-21H2,1-2H3,(H,37,47)(H,38,45)(H,39,46)/t24-,29-,32+/m1/s1. The fourth-order valence-corrected chi connectivity index (χ4v) is 5.45. The number of aliphatic hydroxyl groups excluding tert-OH is 1. The Morgan fingerprint density at radius 1 is 0.980 bits per heavy atom. The van der Waals surface area contributed by atoms with Crippen LogP contribution in [0.15, 0.2) is 85.1 Å². The predicted molar refractivity (Wildman–Crippen MR) is 183 cm³/mol. The zero-order valence-corrected chi connectivity index (χ0v) is 28.0. The molecule has 4 aromatic rings. The number of nitrogens with one attached hydrogen (secondary N) is 3. The quantitative estimate of drug-likeness (QED) is 0.227. The van der Waals surface area contributed by atoms with Crippen molar-refractivity contribution < 1.29 is 33.8 Å². The Labute approximate surface area is 289 Å². The molecule has 0 fully saturated rings. The van der Waals surface area contributed by atoms with E-state index in [1.54, 1.807) is 52.2 Å². The van der Waals surface area contributed by atoms with Crippen LogP contribution in [0.5, 0.6) is 11.5 Å². The second-order valence-electron chi connectivity index (χ2n) is 11.8. The lowest BCUT2D eigenvalue weighted by Crippen LogP contribution is -2.58. The van der Waals surface area contributed by atoms with Gasteiger partial charge < -0.3 is 35.4 Å². The number of methoxy groups -OCH3 is 1. The molecule has 0 spiro atoms. The van der Waals surface area contributed by atoms with Gasteiger partial charge in [0.2, 0.25) is 11.8 Å². The van der Waals surface area contributed by atoms with Crippen LogP contribution in [0.3, 0.4) is 0 Å². The summed E-state index contributed by atoms with van der Waals surface area (Å²) < 4.78 is 13.1. The summed E-state index contributed by atoms with van der Waals surface area (Å²) in [5, 5.41) is 27.1. The van der Waals surface area contributed by atoms with Gasteiger partial charge in [0.1, 0.15) is 18.7 Å². The Balaban J connectivity index is 1.42. The average molecular weight is 684 g/mol. The minimum absolute atomic E-state index is 0.0440. The van der Waals surface area contributed by atoms with Crippen LogP contribution < -0.4 is 25.4 Å². The smallest absolute Gasteiger partial charge is 0.253 e. The monoisotopic (exact) mass is 683 g/mol. The summed E-state index contributed by atoms with van der Waals surface area (Å²) in [7, 11) is 1.46. The van der Waals surface area contributed by atoms with Crippen molar-refractivity contribution >= 4 is 23.6 Å². The molecule has 50 heavy (non-hydrogen) atoms. The third kappa shape index (κ3) is 9.44. The van der Waals surface area contributed by atoms with E-state index in [4.69, 9.17) is 9.47 Å². The van der Waals surface area contributed by atoms with Crippen LogP contribution in [0.25, 0.3) is 0 Å². The molecular formula is C36H41N7O7. The van der Waals surface area contributed by atoms with E-state index in [9.17, 15) is 24.3 Å². The molecule has 262 valence electrons. The number of nitrogens with zero attached hydrogens (tertiary/aromatic N) is 4. The number of rotatable bonds is 5. The van der Waals surface area contributed by atoms with Gasteiger partial charge >= 0.3 is 0 Å². The lowest BCUT2D eigenvalue weighted by atomic mass is 10.0. The van der Waals surface area contributed by atoms with E-state index < -0.39 is 35.9 Å². The molecule has 3 atom stereocenters. The summed E-state index contributed by atoms with van der Waals surface area (Å²) in [5.74, 6) is -1.38. The highest BCUT2D eigenvalue weighted by Gasteiger charge is 2.30. The second-order valence-corrected chi connectivity index (χ2v) is 11.8. The molecule has 0 unspecified atom stereocenters. The summed E-state index contributed by atoms with van der Waals surface area (Å²) in [4.78, 5) is 55.6. The lowest BCUT2D eigenvalue weighted by molar-refractivity contribution is -0.132. The molecule has 4 bridgehead atoms. The van der Waals surface area contributed by atoms with E-state index in [1.165, 1.54) is 20.1 Å². The van der Waals surface area contributed by atoms with Crippen LogP contribution in [-0.2, 0) is 29.0 Å². The number of aromatic nitrogens is 3. The number of carbonyl (C=O) groups excluding carboxylic acids is 4. The molecule has 4 amide bonds. The summed E-state index contributed by atoms with van der Waals surface area (Å²) in [6.45, 7) is 2.47. The molecule has 3 heterocycles. The molecule has 14 heteroatoms. The molecule has 2 aliphatic rings. The highest BCUT2D eigenvalue weighted by Crippen LogP contribution is 2.28. The van der Waals surface area contributed by atoms with Gasteiger partial charge in [-0.1, -0.05) is 53.7 Å². The minimum Gasteiger partial charge on any atom is -0.493 e. The maximum absolute atomic E-state index is 13.7. The molecule has 14 nitrogen and oxygen atoms in total. The fraction of sp³-hybridized carbons (Fsp3) is 0.333. The van der Waals surface area contributed by atoms with Crippen LogP contribution in [0.1, 0.15) is 38.9 Å². The van der Waals surface area contributed by atoms with Gasteiger partial charge in [-0.25, -0.2) is 4.68 Å². The van der Waals surface area contributed by atoms with E-state index in [0.29, 0.717) is 42.3 Å². The van der Waals surface area contributed by atoms with Gasteiger partial charge in [0.15, 0.2) is 11.5 Å². The van der Waals surface area contributed by atoms with Gasteiger partial charge in [0.05, 0.1) is 25.5 Å². The molecular weight excluding hydrogens is 642 g/mol. The van der Waals surface area contributed by atoms with E-state index in [2.05, 4.69) is 26.3 Å². The van der Waals surface area contributed by atoms with Crippen molar-refractivity contribution in [1.82, 2.24) is 35.8 Å². The second kappa shape index (κ2) is 17.1. The Morgan fingerprint density at radius 2 is 1.72 bits per heavy atom. The predicted octanol–water partition coefficient (Wildman–Crippen LogP) is 1.39. The van der Waals surface area contributed by atoms with E-state index in [1.807, 2.05) is 36.4 Å². The highest BCUT2D eigenvalue weighted by atomic mass is 16.5. The largest absolute Gasteiger partial charge is 0.493 e. The van der Waals surface area contributed by atoms with E-state index >= 15 is 0 Å². The third-order valence-corrected chi connectivity index (χ3v) is 8.18. The van der Waals surface area contributed by atoms with Crippen LogP contribution in [0, 0.1) is 0 Å². The molecule has 0 radical (unpaired) electrons. The maximum atomic E-state index is 13.7. The molecule has 2 aliphatic heterocycles. The first-order chi connectivity index (χ1) is 24.2. The first-order valence-electron chi connectivity index (χ1n) is 16.4. The molecule has 1 aromatic heterocycles. The third-order valence-electron chi connectivity index (χ3n) is 8.18. The number of hydrogen-bond acceptors (Lipinski definition) is 9. The van der Waals surface area contributed by atoms with Gasteiger partial charge in [0.25, 0.3) is 11.8 Å². The van der Waals surface area contributed by atoms with Gasteiger partial charge in [-0.15, -0.1) is 5.10 Å². The van der Waals surface area contributed by atoms with Gasteiger partial charge in [-0.05, 0) is 42.8 Å². The molecule has 6 rings (SSSR count). The summed E-state index contributed by atoms with van der Waals surface area (Å²) in [5.41, 5.74) is 2.14. The zero-order chi connectivity index (χ0) is 35.5. The molecule has 4 N–H and O–H groups in total. The molecule has 0 saturated carbocycles. The molecule has 3 aromatic carbocycles. The Morgan fingerprint density at radius 3 is 2.44 bits per heavy atom. The van der Waals surface area contributed by atoms with Crippen molar-refractivity contribution in [3.05, 3.63) is 107 Å². The summed E-state index contributed by atoms with van der Waals surface area (Å²) in [6, 6.07) is 20.1. The summed E-state index contributed by atoms with van der Waals surface area (Å²) >= 11 is 0. The van der Waals surface area contributed by atoms with Crippen molar-refractivity contribution in [2.45, 2.75) is 44.5 Å². The van der Waals surface area contributed by atoms with Crippen LogP contribution in [-0.4, -0.2) is 100 Å². The minimum atomic E-state index is -1.34. The first kappa shape index (κ1) is 35.5. The van der Waals surface area contributed by atoms with Crippen molar-refractivity contribution in [1.29, 1.82) is 0 Å². The fourth-order valence-electron chi connectivity index (χ4n) is 5.45. The lowest BCUT2D eigenvalue weighted by Gasteiger charge is -2.26. The normalized spacial score (nSPS) is 18.6. The van der Waals surface area contributed by atoms with Gasteiger partial charge in [-0.2, -0.15) is 0 Å².